The number of nitrogens with one attached hydrogen (secondary N) is 1. The Balaban J connectivity index is 2.34. The Kier molecular flexibility index (Phi) is 5.11. The molecule has 1 aliphatic rings. The maximum atomic E-state index is 11.1. The minimum Gasteiger partial charge on any atom is -0.294 e. The molecule has 86 valence electrons. The normalized spacial score (nSPS) is 20.1. The minimum absolute atomic E-state index is 0.179. The number of thioether (sulfide) groups is 1. The van der Waals surface area contributed by atoms with Crippen LogP contribution in [0.2, 0.25) is 0 Å². The van der Waals surface area contributed by atoms with E-state index >= 15 is 0 Å². The molecule has 1 fully saturated rings. The van der Waals surface area contributed by atoms with Gasteiger partial charge in [-0.3, -0.25) is 19.8 Å². The summed E-state index contributed by atoms with van der Waals surface area (Å²) in [6.07, 6.45) is 1.03. The van der Waals surface area contributed by atoms with Gasteiger partial charge in [-0.2, -0.15) is 11.8 Å². The largest absolute Gasteiger partial charge is 0.294 e. The molecule has 0 spiro atoms. The molecule has 15 heavy (non-hydrogen) atoms. The van der Waals surface area contributed by atoms with Crippen molar-refractivity contribution in [3.63, 3.8) is 0 Å². The molecule has 0 bridgehead atoms. The second kappa shape index (κ2) is 6.12. The molecule has 1 atom stereocenters. The maximum absolute atomic E-state index is 11.1. The van der Waals surface area contributed by atoms with Gasteiger partial charge in [-0.05, 0) is 24.9 Å². The molecule has 4 nitrogen and oxygen atoms in total. The Morgan fingerprint density at radius 1 is 1.40 bits per heavy atom. The fraction of sp³-hybridized carbons (Fsp3) is 0.800. The van der Waals surface area contributed by atoms with Crippen LogP contribution in [0.15, 0.2) is 0 Å². The first-order chi connectivity index (χ1) is 7.13. The van der Waals surface area contributed by atoms with Gasteiger partial charge in [0, 0.05) is 6.04 Å². The van der Waals surface area contributed by atoms with Crippen molar-refractivity contribution in [2.75, 3.05) is 24.6 Å². The van der Waals surface area contributed by atoms with Crippen molar-refractivity contribution in [3.05, 3.63) is 0 Å². The molecule has 0 radical (unpaired) electrons. The van der Waals surface area contributed by atoms with Crippen molar-refractivity contribution in [3.8, 4) is 0 Å². The van der Waals surface area contributed by atoms with Gasteiger partial charge in [0.1, 0.15) is 0 Å². The van der Waals surface area contributed by atoms with Crippen molar-refractivity contribution in [1.82, 2.24) is 10.2 Å². The topological polar surface area (TPSA) is 49.4 Å². The quantitative estimate of drug-likeness (QED) is 0.551. The molecule has 0 aromatic heterocycles. The number of hydrogen-bond acceptors (Lipinski definition) is 4. The van der Waals surface area contributed by atoms with Crippen LogP contribution in [0, 0.1) is 0 Å². The third-order valence-electron chi connectivity index (χ3n) is 2.48. The average Bonchev–Trinajstić information content (AvgIpc) is 2.16. The van der Waals surface area contributed by atoms with Gasteiger partial charge in [-0.25, -0.2) is 0 Å². The molecule has 1 unspecified atom stereocenters. The molecular weight excluding hydrogens is 212 g/mol. The number of rotatable bonds is 5. The van der Waals surface area contributed by atoms with E-state index < -0.39 is 0 Å². The molecule has 0 aromatic carbocycles. The fourth-order valence-corrected chi connectivity index (χ4v) is 2.35. The Hall–Kier alpha value is -0.550. The Bertz CT molecular complexity index is 230. The summed E-state index contributed by atoms with van der Waals surface area (Å²) in [6, 6.07) is 0.305. The summed E-state index contributed by atoms with van der Waals surface area (Å²) < 4.78 is 0. The first kappa shape index (κ1) is 12.5. The molecule has 1 rings (SSSR count). The van der Waals surface area contributed by atoms with E-state index in [0.717, 1.165) is 17.9 Å². The number of piperazine rings is 1. The Labute approximate surface area is 94.8 Å². The maximum Gasteiger partial charge on any atom is 0.240 e. The summed E-state index contributed by atoms with van der Waals surface area (Å²) in [6.45, 7) is 4.91. The van der Waals surface area contributed by atoms with Crippen molar-refractivity contribution in [2.45, 2.75) is 26.3 Å². The van der Waals surface area contributed by atoms with E-state index in [-0.39, 0.29) is 11.8 Å². The standard InChI is InChI=1S/C10H18N2O2S/c1-3-15-5-4-8(2)12-6-9(13)11-10(14)7-12/h8H,3-7H2,1-2H3,(H,11,13,14). The average molecular weight is 230 g/mol. The first-order valence-corrected chi connectivity index (χ1v) is 6.43. The highest BCUT2D eigenvalue weighted by Gasteiger charge is 2.25. The molecule has 0 saturated carbocycles. The van der Waals surface area contributed by atoms with Gasteiger partial charge in [0.25, 0.3) is 0 Å². The second-order valence-corrected chi connectivity index (χ2v) is 5.10. The van der Waals surface area contributed by atoms with Crippen molar-refractivity contribution in [2.24, 2.45) is 0 Å². The van der Waals surface area contributed by atoms with Crippen LogP contribution in [-0.2, 0) is 9.59 Å². The minimum atomic E-state index is -0.179. The fourth-order valence-electron chi connectivity index (χ4n) is 1.55. The zero-order valence-electron chi connectivity index (χ0n) is 9.28. The van der Waals surface area contributed by atoms with Crippen LogP contribution in [0.1, 0.15) is 20.3 Å². The van der Waals surface area contributed by atoms with Crippen molar-refractivity contribution < 1.29 is 9.59 Å². The summed E-state index contributed by atoms with van der Waals surface area (Å²) in [7, 11) is 0. The third kappa shape index (κ3) is 4.22. The number of nitrogens with zero attached hydrogens (tertiary/aromatic N) is 1. The molecule has 0 aromatic rings. The van der Waals surface area contributed by atoms with Crippen LogP contribution >= 0.6 is 11.8 Å². The highest BCUT2D eigenvalue weighted by Crippen LogP contribution is 2.10. The van der Waals surface area contributed by atoms with Gasteiger partial charge in [0.2, 0.25) is 11.8 Å². The van der Waals surface area contributed by atoms with Crippen molar-refractivity contribution in [1.29, 1.82) is 0 Å². The molecular formula is C10H18N2O2S. The van der Waals surface area contributed by atoms with Gasteiger partial charge < -0.3 is 0 Å². The SMILES string of the molecule is CCSCCC(C)N1CC(=O)NC(=O)C1. The predicted octanol–water partition coefficient (Wildman–Crippen LogP) is 0.476. The zero-order valence-corrected chi connectivity index (χ0v) is 10.1. The van der Waals surface area contributed by atoms with E-state index in [0.29, 0.717) is 19.1 Å². The molecule has 1 saturated heterocycles. The lowest BCUT2D eigenvalue weighted by atomic mass is 10.2. The number of amides is 2. The monoisotopic (exact) mass is 230 g/mol. The molecule has 0 aliphatic carbocycles. The van der Waals surface area contributed by atoms with Crippen LogP contribution in [0.5, 0.6) is 0 Å². The summed E-state index contributed by atoms with van der Waals surface area (Å²) in [5.41, 5.74) is 0. The number of hydrogen-bond donors (Lipinski definition) is 1. The van der Waals surface area contributed by atoms with E-state index in [1.54, 1.807) is 0 Å². The van der Waals surface area contributed by atoms with Gasteiger partial charge in [-0.1, -0.05) is 6.92 Å². The summed E-state index contributed by atoms with van der Waals surface area (Å²) in [5, 5.41) is 2.31. The second-order valence-electron chi connectivity index (χ2n) is 3.71. The van der Waals surface area contributed by atoms with E-state index in [1.165, 1.54) is 0 Å². The van der Waals surface area contributed by atoms with Gasteiger partial charge in [0.15, 0.2) is 0 Å². The predicted molar refractivity (Wildman–Crippen MR) is 61.8 cm³/mol. The number of imide groups is 1. The molecule has 5 heteroatoms. The van der Waals surface area contributed by atoms with Crippen LogP contribution in [-0.4, -0.2) is 47.4 Å². The number of carbonyl (C=O) groups excluding carboxylic acids is 2. The summed E-state index contributed by atoms with van der Waals surface area (Å²) >= 11 is 1.89. The van der Waals surface area contributed by atoms with E-state index in [9.17, 15) is 9.59 Å². The summed E-state index contributed by atoms with van der Waals surface area (Å²) in [5.74, 6) is 1.85. The van der Waals surface area contributed by atoms with Crippen molar-refractivity contribution >= 4 is 23.6 Å². The van der Waals surface area contributed by atoms with Crippen LogP contribution in [0.4, 0.5) is 0 Å². The highest BCUT2D eigenvalue weighted by atomic mass is 32.2. The lowest BCUT2D eigenvalue weighted by Crippen LogP contribution is -2.54. The first-order valence-electron chi connectivity index (χ1n) is 5.28. The molecule has 2 amide bonds. The molecule has 1 N–H and O–H groups in total. The molecule has 1 aliphatic heterocycles. The van der Waals surface area contributed by atoms with Gasteiger partial charge in [0.05, 0.1) is 13.1 Å². The van der Waals surface area contributed by atoms with E-state index in [1.807, 2.05) is 16.7 Å². The lowest BCUT2D eigenvalue weighted by molar-refractivity contribution is -0.136. The van der Waals surface area contributed by atoms with E-state index in [4.69, 9.17) is 0 Å². The Morgan fingerprint density at radius 3 is 2.53 bits per heavy atom. The number of carbonyl (C=O) groups is 2. The van der Waals surface area contributed by atoms with Crippen LogP contribution < -0.4 is 5.32 Å². The van der Waals surface area contributed by atoms with Crippen LogP contribution in [0.25, 0.3) is 0 Å². The third-order valence-corrected chi connectivity index (χ3v) is 3.41. The van der Waals surface area contributed by atoms with Crippen LogP contribution in [0.3, 0.4) is 0 Å². The van der Waals surface area contributed by atoms with E-state index in [2.05, 4.69) is 19.2 Å². The highest BCUT2D eigenvalue weighted by molar-refractivity contribution is 7.99. The Morgan fingerprint density at radius 2 is 2.00 bits per heavy atom. The lowest BCUT2D eigenvalue weighted by Gasteiger charge is -2.30. The smallest absolute Gasteiger partial charge is 0.240 e. The molecule has 1 heterocycles. The van der Waals surface area contributed by atoms with Gasteiger partial charge >= 0.3 is 0 Å². The summed E-state index contributed by atoms with van der Waals surface area (Å²) in [4.78, 5) is 24.2. The zero-order chi connectivity index (χ0) is 11.3. The van der Waals surface area contributed by atoms with Gasteiger partial charge in [-0.15, -0.1) is 0 Å².